The van der Waals surface area contributed by atoms with E-state index in [1.807, 2.05) is 31.2 Å². The Hall–Kier alpha value is -1.55. The summed E-state index contributed by atoms with van der Waals surface area (Å²) in [5.74, 6) is 0. The van der Waals surface area contributed by atoms with Gasteiger partial charge < -0.3 is 16.4 Å². The molecule has 0 spiro atoms. The molecule has 80 valence electrons. The van der Waals surface area contributed by atoms with E-state index in [1.165, 1.54) is 0 Å². The van der Waals surface area contributed by atoms with E-state index in [-0.39, 0.29) is 18.1 Å². The Morgan fingerprint density at radius 1 is 1.53 bits per heavy atom. The summed E-state index contributed by atoms with van der Waals surface area (Å²) in [7, 11) is 0. The Morgan fingerprint density at radius 3 is 2.87 bits per heavy atom. The topological polar surface area (TPSA) is 67.2 Å². The van der Waals surface area contributed by atoms with E-state index < -0.39 is 0 Å². The van der Waals surface area contributed by atoms with E-state index in [4.69, 9.17) is 5.73 Å². The average molecular weight is 205 g/mol. The molecule has 4 N–H and O–H groups in total. The fourth-order valence-electron chi connectivity index (χ4n) is 1.44. The zero-order valence-electron chi connectivity index (χ0n) is 8.66. The van der Waals surface area contributed by atoms with E-state index in [2.05, 4.69) is 10.6 Å². The van der Waals surface area contributed by atoms with Crippen molar-refractivity contribution in [2.75, 3.05) is 5.32 Å². The molecule has 0 aromatic heterocycles. The molecule has 1 aliphatic rings. The summed E-state index contributed by atoms with van der Waals surface area (Å²) in [6.45, 7) is 1.99. The number of carbonyl (C=O) groups is 1. The lowest BCUT2D eigenvalue weighted by Gasteiger charge is -2.07. The van der Waals surface area contributed by atoms with E-state index in [0.29, 0.717) is 0 Å². The number of aryl methyl sites for hydroxylation is 1. The van der Waals surface area contributed by atoms with Gasteiger partial charge in [-0.15, -0.1) is 0 Å². The molecule has 1 aromatic carbocycles. The van der Waals surface area contributed by atoms with Gasteiger partial charge in [0.15, 0.2) is 0 Å². The van der Waals surface area contributed by atoms with Crippen molar-refractivity contribution in [1.29, 1.82) is 0 Å². The van der Waals surface area contributed by atoms with Gasteiger partial charge >= 0.3 is 6.03 Å². The van der Waals surface area contributed by atoms with Crippen LogP contribution in [0.3, 0.4) is 0 Å². The summed E-state index contributed by atoms with van der Waals surface area (Å²) in [5.41, 5.74) is 7.52. The molecule has 0 heterocycles. The van der Waals surface area contributed by atoms with Crippen LogP contribution in [0.5, 0.6) is 0 Å². The van der Waals surface area contributed by atoms with Crippen LogP contribution in [0.25, 0.3) is 0 Å². The van der Waals surface area contributed by atoms with Gasteiger partial charge in [0, 0.05) is 17.8 Å². The maximum Gasteiger partial charge on any atom is 0.319 e. The standard InChI is InChI=1S/C11H15N3O/c1-7-3-2-4-8(5-7)13-11(15)14-10-6-9(10)12/h2-5,9-10H,6,12H2,1H3,(H2,13,14,15). The van der Waals surface area contributed by atoms with Crippen LogP contribution in [0.2, 0.25) is 0 Å². The van der Waals surface area contributed by atoms with Gasteiger partial charge in [0.05, 0.1) is 0 Å². The summed E-state index contributed by atoms with van der Waals surface area (Å²) >= 11 is 0. The molecule has 0 aliphatic heterocycles. The SMILES string of the molecule is Cc1cccc(NC(=O)NC2CC2N)c1. The van der Waals surface area contributed by atoms with Gasteiger partial charge in [-0.2, -0.15) is 0 Å². The van der Waals surface area contributed by atoms with E-state index in [0.717, 1.165) is 17.7 Å². The van der Waals surface area contributed by atoms with Crippen molar-refractivity contribution in [3.05, 3.63) is 29.8 Å². The van der Waals surface area contributed by atoms with Gasteiger partial charge in [-0.3, -0.25) is 0 Å². The normalized spacial score (nSPS) is 23.3. The maximum atomic E-state index is 11.4. The van der Waals surface area contributed by atoms with Gasteiger partial charge in [0.25, 0.3) is 0 Å². The molecule has 0 radical (unpaired) electrons. The number of anilines is 1. The summed E-state index contributed by atoms with van der Waals surface area (Å²) in [5, 5.41) is 5.57. The Balaban J connectivity index is 1.88. The predicted molar refractivity (Wildman–Crippen MR) is 59.7 cm³/mol. The van der Waals surface area contributed by atoms with Crippen molar-refractivity contribution in [2.24, 2.45) is 5.73 Å². The Kier molecular flexibility index (Phi) is 2.60. The van der Waals surface area contributed by atoms with Crippen molar-refractivity contribution >= 4 is 11.7 Å². The number of urea groups is 1. The lowest BCUT2D eigenvalue weighted by molar-refractivity contribution is 0.251. The van der Waals surface area contributed by atoms with E-state index >= 15 is 0 Å². The highest BCUT2D eigenvalue weighted by atomic mass is 16.2. The van der Waals surface area contributed by atoms with Gasteiger partial charge in [-0.05, 0) is 31.0 Å². The van der Waals surface area contributed by atoms with Crippen molar-refractivity contribution in [3.63, 3.8) is 0 Å². The highest BCUT2D eigenvalue weighted by Crippen LogP contribution is 2.18. The van der Waals surface area contributed by atoms with Gasteiger partial charge in [0.2, 0.25) is 0 Å². The number of hydrogen-bond acceptors (Lipinski definition) is 2. The minimum absolute atomic E-state index is 0.133. The van der Waals surface area contributed by atoms with Crippen LogP contribution < -0.4 is 16.4 Å². The number of amides is 2. The van der Waals surface area contributed by atoms with Gasteiger partial charge in [-0.25, -0.2) is 4.79 Å². The number of rotatable bonds is 2. The molecule has 1 fully saturated rings. The first-order valence-electron chi connectivity index (χ1n) is 5.05. The second-order valence-electron chi connectivity index (χ2n) is 3.97. The first kappa shape index (κ1) is 9.98. The number of carbonyl (C=O) groups excluding carboxylic acids is 1. The monoisotopic (exact) mass is 205 g/mol. The summed E-state index contributed by atoms with van der Waals surface area (Å²) in [6, 6.07) is 7.78. The molecule has 2 amide bonds. The van der Waals surface area contributed by atoms with Crippen molar-refractivity contribution in [3.8, 4) is 0 Å². The van der Waals surface area contributed by atoms with Crippen LogP contribution >= 0.6 is 0 Å². The van der Waals surface area contributed by atoms with Crippen LogP contribution in [0.4, 0.5) is 10.5 Å². The minimum Gasteiger partial charge on any atom is -0.334 e. The van der Waals surface area contributed by atoms with Crippen LogP contribution in [0, 0.1) is 6.92 Å². The number of nitrogens with one attached hydrogen (secondary N) is 2. The summed E-state index contributed by atoms with van der Waals surface area (Å²) in [4.78, 5) is 11.4. The predicted octanol–water partition coefficient (Wildman–Crippen LogP) is 1.22. The number of benzene rings is 1. The van der Waals surface area contributed by atoms with Crippen LogP contribution in [-0.4, -0.2) is 18.1 Å². The van der Waals surface area contributed by atoms with Crippen LogP contribution in [0.15, 0.2) is 24.3 Å². The Bertz CT molecular complexity index is 378. The fourth-order valence-corrected chi connectivity index (χ4v) is 1.44. The molecule has 2 rings (SSSR count). The van der Waals surface area contributed by atoms with E-state index in [9.17, 15) is 4.79 Å². The Morgan fingerprint density at radius 2 is 2.27 bits per heavy atom. The van der Waals surface area contributed by atoms with Crippen molar-refractivity contribution in [2.45, 2.75) is 25.4 Å². The van der Waals surface area contributed by atoms with Crippen LogP contribution in [0.1, 0.15) is 12.0 Å². The molecule has 0 bridgehead atoms. The van der Waals surface area contributed by atoms with Crippen molar-refractivity contribution < 1.29 is 4.79 Å². The molecular formula is C11H15N3O. The smallest absolute Gasteiger partial charge is 0.319 e. The summed E-state index contributed by atoms with van der Waals surface area (Å²) < 4.78 is 0. The maximum absolute atomic E-state index is 11.4. The quantitative estimate of drug-likeness (QED) is 0.679. The highest BCUT2D eigenvalue weighted by molar-refractivity contribution is 5.89. The zero-order valence-corrected chi connectivity index (χ0v) is 8.66. The highest BCUT2D eigenvalue weighted by Gasteiger charge is 2.34. The van der Waals surface area contributed by atoms with Gasteiger partial charge in [0.1, 0.15) is 0 Å². The minimum atomic E-state index is -0.182. The first-order chi connectivity index (χ1) is 7.15. The van der Waals surface area contributed by atoms with E-state index in [1.54, 1.807) is 0 Å². The molecule has 1 aromatic rings. The molecule has 1 saturated carbocycles. The molecule has 4 heteroatoms. The zero-order chi connectivity index (χ0) is 10.8. The molecule has 1 aliphatic carbocycles. The first-order valence-corrected chi connectivity index (χ1v) is 5.05. The molecule has 2 unspecified atom stereocenters. The third kappa shape index (κ3) is 2.70. The second kappa shape index (κ2) is 3.90. The van der Waals surface area contributed by atoms with Gasteiger partial charge in [-0.1, -0.05) is 12.1 Å². The van der Waals surface area contributed by atoms with Crippen LogP contribution in [-0.2, 0) is 0 Å². The molecule has 15 heavy (non-hydrogen) atoms. The molecule has 4 nitrogen and oxygen atoms in total. The lowest BCUT2D eigenvalue weighted by atomic mass is 10.2. The number of hydrogen-bond donors (Lipinski definition) is 3. The second-order valence-corrected chi connectivity index (χ2v) is 3.97. The molecular weight excluding hydrogens is 190 g/mol. The third-order valence-electron chi connectivity index (χ3n) is 2.43. The molecule has 2 atom stereocenters. The lowest BCUT2D eigenvalue weighted by Crippen LogP contribution is -2.33. The fraction of sp³-hybridized carbons (Fsp3) is 0.364. The summed E-state index contributed by atoms with van der Waals surface area (Å²) in [6.07, 6.45) is 0.876. The Labute approximate surface area is 88.9 Å². The van der Waals surface area contributed by atoms with Crippen molar-refractivity contribution in [1.82, 2.24) is 5.32 Å². The molecule has 0 saturated heterocycles. The average Bonchev–Trinajstić information content (AvgIpc) is 2.81. The third-order valence-corrected chi connectivity index (χ3v) is 2.43. The largest absolute Gasteiger partial charge is 0.334 e. The number of nitrogens with two attached hydrogens (primary N) is 1.